The van der Waals surface area contributed by atoms with Crippen LogP contribution in [0, 0.1) is 0 Å². The minimum absolute atomic E-state index is 0.548. The van der Waals surface area contributed by atoms with Crippen molar-refractivity contribution in [3.05, 3.63) is 22.4 Å². The second-order valence-corrected chi connectivity index (χ2v) is 4.11. The predicted octanol–water partition coefficient (Wildman–Crippen LogP) is 1.94. The molecule has 0 saturated heterocycles. The number of aliphatic hydroxyl groups excluding tert-OH is 1. The topological polar surface area (TPSA) is 40.5 Å². The first-order chi connectivity index (χ1) is 5.58. The molecule has 0 spiro atoms. The van der Waals surface area contributed by atoms with E-state index in [1.165, 1.54) is 11.3 Å². The third-order valence-corrected chi connectivity index (χ3v) is 3.04. The van der Waals surface area contributed by atoms with E-state index in [9.17, 15) is 10.2 Å². The lowest BCUT2D eigenvalue weighted by molar-refractivity contribution is -0.0641. The maximum Gasteiger partial charge on any atom is 0.116 e. The summed E-state index contributed by atoms with van der Waals surface area (Å²) in [6.45, 7) is 3.51. The number of thiophene rings is 1. The highest BCUT2D eigenvalue weighted by Gasteiger charge is 2.29. The fourth-order valence-electron chi connectivity index (χ4n) is 0.947. The molecule has 1 aromatic heterocycles. The molecule has 0 aliphatic heterocycles. The van der Waals surface area contributed by atoms with Crippen LogP contribution < -0.4 is 0 Å². The number of rotatable bonds is 3. The molecule has 0 aliphatic rings. The Bertz CT molecular complexity index is 229. The summed E-state index contributed by atoms with van der Waals surface area (Å²) in [5.41, 5.74) is -1.01. The lowest BCUT2D eigenvalue weighted by Gasteiger charge is -2.26. The van der Waals surface area contributed by atoms with Gasteiger partial charge in [-0.1, -0.05) is 13.0 Å². The van der Waals surface area contributed by atoms with Gasteiger partial charge >= 0.3 is 0 Å². The maximum atomic E-state index is 9.72. The van der Waals surface area contributed by atoms with Crippen LogP contribution in [0.2, 0.25) is 0 Å². The van der Waals surface area contributed by atoms with Gasteiger partial charge in [-0.05, 0) is 24.8 Å². The van der Waals surface area contributed by atoms with Crippen molar-refractivity contribution in [3.8, 4) is 0 Å². The first-order valence-electron chi connectivity index (χ1n) is 4.01. The average molecular weight is 186 g/mol. The molecule has 0 amide bonds. The van der Waals surface area contributed by atoms with E-state index in [4.69, 9.17) is 0 Å². The molecule has 2 unspecified atom stereocenters. The Morgan fingerprint density at radius 3 is 2.75 bits per heavy atom. The van der Waals surface area contributed by atoms with Gasteiger partial charge in [0.2, 0.25) is 0 Å². The van der Waals surface area contributed by atoms with Crippen molar-refractivity contribution in [2.75, 3.05) is 0 Å². The fourth-order valence-corrected chi connectivity index (χ4v) is 1.80. The summed E-state index contributed by atoms with van der Waals surface area (Å²) in [4.78, 5) is 0.821. The van der Waals surface area contributed by atoms with Crippen LogP contribution >= 0.6 is 11.3 Å². The molecule has 12 heavy (non-hydrogen) atoms. The van der Waals surface area contributed by atoms with Crippen molar-refractivity contribution >= 4 is 11.3 Å². The zero-order chi connectivity index (χ0) is 9.19. The van der Waals surface area contributed by atoms with Gasteiger partial charge in [0.05, 0.1) is 5.60 Å². The van der Waals surface area contributed by atoms with Crippen molar-refractivity contribution < 1.29 is 10.2 Å². The first kappa shape index (κ1) is 9.71. The van der Waals surface area contributed by atoms with Gasteiger partial charge in [-0.25, -0.2) is 0 Å². The largest absolute Gasteiger partial charge is 0.387 e. The van der Waals surface area contributed by atoms with Gasteiger partial charge < -0.3 is 10.2 Å². The van der Waals surface area contributed by atoms with Crippen molar-refractivity contribution in [2.24, 2.45) is 0 Å². The molecule has 0 fully saturated rings. The minimum atomic E-state index is -1.01. The normalized spacial score (nSPS) is 18.7. The van der Waals surface area contributed by atoms with Crippen LogP contribution in [0.4, 0.5) is 0 Å². The van der Waals surface area contributed by atoms with E-state index in [0.29, 0.717) is 6.42 Å². The lowest BCUT2D eigenvalue weighted by atomic mass is 9.95. The highest BCUT2D eigenvalue weighted by atomic mass is 32.1. The standard InChI is InChI=1S/C9H14O2S/c1-3-9(2,11)8(10)7-5-4-6-12-7/h4-6,8,10-11H,3H2,1-2H3. The quantitative estimate of drug-likeness (QED) is 0.757. The molecule has 68 valence electrons. The highest BCUT2D eigenvalue weighted by molar-refractivity contribution is 7.10. The second kappa shape index (κ2) is 3.56. The number of hydrogen-bond donors (Lipinski definition) is 2. The third kappa shape index (κ3) is 1.86. The van der Waals surface area contributed by atoms with Crippen LogP contribution in [0.5, 0.6) is 0 Å². The monoisotopic (exact) mass is 186 g/mol. The van der Waals surface area contributed by atoms with Crippen LogP contribution in [0.3, 0.4) is 0 Å². The van der Waals surface area contributed by atoms with Crippen LogP contribution in [0.1, 0.15) is 31.2 Å². The Morgan fingerprint density at radius 2 is 2.33 bits per heavy atom. The molecule has 2 N–H and O–H groups in total. The minimum Gasteiger partial charge on any atom is -0.387 e. The van der Waals surface area contributed by atoms with Gasteiger partial charge in [0.25, 0.3) is 0 Å². The SMILES string of the molecule is CCC(C)(O)C(O)c1cccs1. The Hall–Kier alpha value is -0.380. The van der Waals surface area contributed by atoms with E-state index in [1.54, 1.807) is 6.92 Å². The fraction of sp³-hybridized carbons (Fsp3) is 0.556. The molecule has 1 aromatic rings. The molecule has 0 aromatic carbocycles. The molecule has 0 bridgehead atoms. The summed E-state index contributed by atoms with van der Waals surface area (Å²) in [6.07, 6.45) is -0.214. The highest BCUT2D eigenvalue weighted by Crippen LogP contribution is 2.30. The van der Waals surface area contributed by atoms with E-state index in [-0.39, 0.29) is 0 Å². The van der Waals surface area contributed by atoms with Gasteiger partial charge in [-0.2, -0.15) is 0 Å². The van der Waals surface area contributed by atoms with Crippen molar-refractivity contribution in [1.29, 1.82) is 0 Å². The predicted molar refractivity (Wildman–Crippen MR) is 50.2 cm³/mol. The summed E-state index contributed by atoms with van der Waals surface area (Å²) in [6, 6.07) is 3.70. The molecule has 1 rings (SSSR count). The Labute approximate surface area is 76.5 Å². The smallest absolute Gasteiger partial charge is 0.116 e. The second-order valence-electron chi connectivity index (χ2n) is 3.13. The Balaban J connectivity index is 2.78. The van der Waals surface area contributed by atoms with E-state index >= 15 is 0 Å². The summed E-state index contributed by atoms with van der Waals surface area (Å²) >= 11 is 1.46. The van der Waals surface area contributed by atoms with Gasteiger partial charge in [0, 0.05) is 4.88 Å². The van der Waals surface area contributed by atoms with Crippen molar-refractivity contribution in [2.45, 2.75) is 32.0 Å². The summed E-state index contributed by atoms with van der Waals surface area (Å²) in [5, 5.41) is 21.3. The maximum absolute atomic E-state index is 9.72. The summed E-state index contributed by atoms with van der Waals surface area (Å²) in [7, 11) is 0. The van der Waals surface area contributed by atoms with Crippen LogP contribution in [-0.2, 0) is 0 Å². The van der Waals surface area contributed by atoms with Crippen LogP contribution in [0.25, 0.3) is 0 Å². The third-order valence-electron chi connectivity index (χ3n) is 2.12. The van der Waals surface area contributed by atoms with Crippen molar-refractivity contribution in [1.82, 2.24) is 0 Å². The molecule has 2 atom stereocenters. The molecule has 3 heteroatoms. The van der Waals surface area contributed by atoms with E-state index in [2.05, 4.69) is 0 Å². The summed E-state index contributed by atoms with van der Waals surface area (Å²) < 4.78 is 0. The lowest BCUT2D eigenvalue weighted by Crippen LogP contribution is -2.31. The summed E-state index contributed by atoms with van der Waals surface area (Å²) in [5.74, 6) is 0. The molecular weight excluding hydrogens is 172 g/mol. The van der Waals surface area contributed by atoms with Gasteiger partial charge in [0.15, 0.2) is 0 Å². The Kier molecular flexibility index (Phi) is 2.88. The first-order valence-corrected chi connectivity index (χ1v) is 4.89. The number of aliphatic hydroxyl groups is 2. The molecule has 2 nitrogen and oxygen atoms in total. The van der Waals surface area contributed by atoms with Crippen LogP contribution in [0.15, 0.2) is 17.5 Å². The number of hydrogen-bond acceptors (Lipinski definition) is 3. The van der Waals surface area contributed by atoms with Crippen molar-refractivity contribution in [3.63, 3.8) is 0 Å². The van der Waals surface area contributed by atoms with E-state index in [1.807, 2.05) is 24.4 Å². The molecule has 1 heterocycles. The Morgan fingerprint density at radius 1 is 1.67 bits per heavy atom. The van der Waals surface area contributed by atoms with E-state index < -0.39 is 11.7 Å². The molecule has 0 saturated carbocycles. The van der Waals surface area contributed by atoms with E-state index in [0.717, 1.165) is 4.88 Å². The van der Waals surface area contributed by atoms with Gasteiger partial charge in [0.1, 0.15) is 6.10 Å². The van der Waals surface area contributed by atoms with Crippen LogP contribution in [-0.4, -0.2) is 15.8 Å². The average Bonchev–Trinajstić information content (AvgIpc) is 2.55. The molecule has 0 aliphatic carbocycles. The molecular formula is C9H14O2S. The van der Waals surface area contributed by atoms with Gasteiger partial charge in [-0.3, -0.25) is 0 Å². The molecule has 0 radical (unpaired) electrons. The zero-order valence-electron chi connectivity index (χ0n) is 7.32. The van der Waals surface area contributed by atoms with Gasteiger partial charge in [-0.15, -0.1) is 11.3 Å². The zero-order valence-corrected chi connectivity index (χ0v) is 8.14.